The van der Waals surface area contributed by atoms with Gasteiger partial charge in [0.15, 0.2) is 5.82 Å². The quantitative estimate of drug-likeness (QED) is 0.501. The Hall–Kier alpha value is -1.52. The Labute approximate surface area is 120 Å². The van der Waals surface area contributed by atoms with Crippen LogP contribution in [0.15, 0.2) is 9.68 Å². The Morgan fingerprint density at radius 3 is 3.05 bits per heavy atom. The lowest BCUT2D eigenvalue weighted by Crippen LogP contribution is -2.24. The van der Waals surface area contributed by atoms with Crippen molar-refractivity contribution in [1.82, 2.24) is 35.7 Å². The van der Waals surface area contributed by atoms with Crippen LogP contribution >= 0.6 is 11.8 Å². The van der Waals surface area contributed by atoms with Crippen LogP contribution in [0.4, 0.5) is 0 Å². The molecule has 20 heavy (non-hydrogen) atoms. The molecule has 0 aliphatic rings. The second kappa shape index (κ2) is 7.92. The highest BCUT2D eigenvalue weighted by molar-refractivity contribution is 7.98. The molecule has 0 aliphatic carbocycles. The number of aromatic nitrogens is 6. The van der Waals surface area contributed by atoms with Crippen LogP contribution in [-0.2, 0) is 17.0 Å². The van der Waals surface area contributed by atoms with Crippen molar-refractivity contribution in [2.24, 2.45) is 0 Å². The summed E-state index contributed by atoms with van der Waals surface area (Å²) in [7, 11) is 1.68. The van der Waals surface area contributed by atoms with Gasteiger partial charge in [0, 0.05) is 27.1 Å². The Morgan fingerprint density at radius 2 is 2.30 bits per heavy atom. The third kappa shape index (κ3) is 4.54. The van der Waals surface area contributed by atoms with E-state index < -0.39 is 0 Å². The van der Waals surface area contributed by atoms with Crippen molar-refractivity contribution >= 4 is 11.8 Å². The zero-order valence-electron chi connectivity index (χ0n) is 11.4. The van der Waals surface area contributed by atoms with Crippen molar-refractivity contribution in [1.29, 1.82) is 0 Å². The third-order valence-corrected chi connectivity index (χ3v) is 3.34. The first-order valence-electron chi connectivity index (χ1n) is 6.17. The minimum absolute atomic E-state index is 0.558. The SMILES string of the molecule is COCCNCCn1nnnc1SCc1noc(C)n1. The molecule has 10 heteroatoms. The van der Waals surface area contributed by atoms with Gasteiger partial charge in [-0.15, -0.1) is 5.10 Å². The normalized spacial score (nSPS) is 11.1. The molecular formula is C10H17N7O2S. The van der Waals surface area contributed by atoms with Gasteiger partial charge in [-0.1, -0.05) is 16.9 Å². The number of tetrazole rings is 1. The molecular weight excluding hydrogens is 282 g/mol. The summed E-state index contributed by atoms with van der Waals surface area (Å²) < 4.78 is 11.6. The fraction of sp³-hybridized carbons (Fsp3) is 0.700. The predicted octanol–water partition coefficient (Wildman–Crippen LogP) is -0.107. The number of hydrogen-bond donors (Lipinski definition) is 1. The molecule has 0 fully saturated rings. The number of aryl methyl sites for hydroxylation is 1. The van der Waals surface area contributed by atoms with Crippen LogP contribution in [0.5, 0.6) is 0 Å². The summed E-state index contributed by atoms with van der Waals surface area (Å²) in [6.07, 6.45) is 0. The van der Waals surface area contributed by atoms with Gasteiger partial charge in [0.2, 0.25) is 11.0 Å². The predicted molar refractivity (Wildman–Crippen MR) is 71.2 cm³/mol. The van der Waals surface area contributed by atoms with E-state index in [0.717, 1.165) is 18.2 Å². The van der Waals surface area contributed by atoms with Crippen LogP contribution in [0, 0.1) is 6.92 Å². The maximum Gasteiger partial charge on any atom is 0.223 e. The van der Waals surface area contributed by atoms with Gasteiger partial charge in [0.1, 0.15) is 0 Å². The minimum Gasteiger partial charge on any atom is -0.383 e. The van der Waals surface area contributed by atoms with Gasteiger partial charge < -0.3 is 14.6 Å². The molecule has 0 atom stereocenters. The standard InChI is InChI=1S/C10H17N7O2S/c1-8-12-9(14-19-8)7-20-10-13-15-16-17(10)5-3-11-4-6-18-2/h11H,3-7H2,1-2H3. The fourth-order valence-electron chi connectivity index (χ4n) is 1.45. The molecule has 0 unspecified atom stereocenters. The van der Waals surface area contributed by atoms with E-state index in [0.29, 0.717) is 30.6 Å². The molecule has 2 heterocycles. The third-order valence-electron chi connectivity index (χ3n) is 2.38. The first kappa shape index (κ1) is 14.9. The van der Waals surface area contributed by atoms with E-state index in [1.165, 1.54) is 11.8 Å². The van der Waals surface area contributed by atoms with Crippen LogP contribution < -0.4 is 5.32 Å². The lowest BCUT2D eigenvalue weighted by Gasteiger charge is -2.05. The van der Waals surface area contributed by atoms with Gasteiger partial charge in [-0.05, 0) is 10.4 Å². The molecule has 1 N–H and O–H groups in total. The number of nitrogens with one attached hydrogen (secondary N) is 1. The Balaban J connectivity index is 1.76. The summed E-state index contributed by atoms with van der Waals surface area (Å²) in [5, 5.41) is 19.4. The topological polar surface area (TPSA) is 104 Å². The summed E-state index contributed by atoms with van der Waals surface area (Å²) in [4.78, 5) is 4.13. The molecule has 9 nitrogen and oxygen atoms in total. The molecule has 0 radical (unpaired) electrons. The molecule has 0 amide bonds. The van der Waals surface area contributed by atoms with Crippen LogP contribution in [0.1, 0.15) is 11.7 Å². The lowest BCUT2D eigenvalue weighted by atomic mass is 10.6. The maximum atomic E-state index is 4.96. The van der Waals surface area contributed by atoms with Crippen molar-refractivity contribution < 1.29 is 9.26 Å². The molecule has 110 valence electrons. The van der Waals surface area contributed by atoms with E-state index in [-0.39, 0.29) is 0 Å². The maximum absolute atomic E-state index is 4.96. The van der Waals surface area contributed by atoms with Crippen molar-refractivity contribution in [3.8, 4) is 0 Å². The van der Waals surface area contributed by atoms with E-state index in [1.54, 1.807) is 18.7 Å². The zero-order chi connectivity index (χ0) is 14.2. The average molecular weight is 299 g/mol. The highest BCUT2D eigenvalue weighted by Crippen LogP contribution is 2.17. The molecule has 0 aliphatic heterocycles. The summed E-state index contributed by atoms with van der Waals surface area (Å²) in [5.74, 6) is 1.78. The monoisotopic (exact) mass is 299 g/mol. The lowest BCUT2D eigenvalue weighted by molar-refractivity contribution is 0.199. The van der Waals surface area contributed by atoms with Crippen molar-refractivity contribution in [3.63, 3.8) is 0 Å². The smallest absolute Gasteiger partial charge is 0.223 e. The second-order valence-electron chi connectivity index (χ2n) is 3.95. The van der Waals surface area contributed by atoms with Crippen LogP contribution in [0.2, 0.25) is 0 Å². The summed E-state index contributed by atoms with van der Waals surface area (Å²) >= 11 is 1.48. The number of rotatable bonds is 9. The van der Waals surface area contributed by atoms with Gasteiger partial charge in [-0.3, -0.25) is 0 Å². The molecule has 2 aromatic rings. The molecule has 0 saturated heterocycles. The highest BCUT2D eigenvalue weighted by Gasteiger charge is 2.09. The van der Waals surface area contributed by atoms with E-state index in [1.807, 2.05) is 0 Å². The zero-order valence-corrected chi connectivity index (χ0v) is 12.3. The number of ether oxygens (including phenoxy) is 1. The number of methoxy groups -OCH3 is 1. The second-order valence-corrected chi connectivity index (χ2v) is 4.89. The Kier molecular flexibility index (Phi) is 5.89. The van der Waals surface area contributed by atoms with Crippen molar-refractivity contribution in [2.75, 3.05) is 26.8 Å². The Morgan fingerprint density at radius 1 is 1.40 bits per heavy atom. The molecule has 0 bridgehead atoms. The molecule has 0 saturated carbocycles. The molecule has 2 aromatic heterocycles. The minimum atomic E-state index is 0.558. The van der Waals surface area contributed by atoms with Gasteiger partial charge in [0.05, 0.1) is 18.9 Å². The van der Waals surface area contributed by atoms with Gasteiger partial charge >= 0.3 is 0 Å². The average Bonchev–Trinajstić information content (AvgIpc) is 3.05. The molecule has 0 aromatic carbocycles. The summed E-state index contributed by atoms with van der Waals surface area (Å²) in [6.45, 7) is 4.74. The van der Waals surface area contributed by atoms with Crippen molar-refractivity contribution in [3.05, 3.63) is 11.7 Å². The van der Waals surface area contributed by atoms with Crippen LogP contribution in [-0.4, -0.2) is 57.2 Å². The molecule has 0 spiro atoms. The van der Waals surface area contributed by atoms with E-state index in [2.05, 4.69) is 31.0 Å². The Bertz CT molecular complexity index is 515. The van der Waals surface area contributed by atoms with Crippen LogP contribution in [0.25, 0.3) is 0 Å². The number of nitrogens with zero attached hydrogens (tertiary/aromatic N) is 6. The van der Waals surface area contributed by atoms with Gasteiger partial charge in [-0.2, -0.15) is 4.98 Å². The summed E-state index contributed by atoms with van der Waals surface area (Å²) in [5.41, 5.74) is 0. The van der Waals surface area contributed by atoms with E-state index >= 15 is 0 Å². The van der Waals surface area contributed by atoms with Gasteiger partial charge in [0.25, 0.3) is 0 Å². The number of hydrogen-bond acceptors (Lipinski definition) is 9. The van der Waals surface area contributed by atoms with Crippen molar-refractivity contribution in [2.45, 2.75) is 24.4 Å². The molecule has 2 rings (SSSR count). The van der Waals surface area contributed by atoms with E-state index in [9.17, 15) is 0 Å². The first-order valence-corrected chi connectivity index (χ1v) is 7.16. The van der Waals surface area contributed by atoms with Crippen LogP contribution in [0.3, 0.4) is 0 Å². The van der Waals surface area contributed by atoms with E-state index in [4.69, 9.17) is 9.26 Å². The summed E-state index contributed by atoms with van der Waals surface area (Å²) in [6, 6.07) is 0. The number of thioether (sulfide) groups is 1. The largest absolute Gasteiger partial charge is 0.383 e. The fourth-order valence-corrected chi connectivity index (χ4v) is 2.20. The first-order chi connectivity index (χ1) is 9.79. The van der Waals surface area contributed by atoms with Gasteiger partial charge in [-0.25, -0.2) is 4.68 Å². The highest BCUT2D eigenvalue weighted by atomic mass is 32.2.